The number of hydrogen-bond donors (Lipinski definition) is 2. The summed E-state index contributed by atoms with van der Waals surface area (Å²) in [5.41, 5.74) is 0.797. The molecule has 2 aromatic rings. The molecule has 0 aliphatic rings. The van der Waals surface area contributed by atoms with Crippen molar-refractivity contribution >= 4 is 15.8 Å². The lowest BCUT2D eigenvalue weighted by molar-refractivity contribution is 0.223. The van der Waals surface area contributed by atoms with Gasteiger partial charge in [0.05, 0.1) is 18.1 Å². The van der Waals surface area contributed by atoms with Crippen LogP contribution in [0.1, 0.15) is 18.9 Å². The first-order valence-electron chi connectivity index (χ1n) is 9.49. The van der Waals surface area contributed by atoms with Gasteiger partial charge in [-0.2, -0.15) is 0 Å². The van der Waals surface area contributed by atoms with Crippen molar-refractivity contribution in [3.63, 3.8) is 0 Å². The van der Waals surface area contributed by atoms with Gasteiger partial charge in [0, 0.05) is 19.7 Å². The van der Waals surface area contributed by atoms with E-state index in [-0.39, 0.29) is 23.4 Å². The van der Waals surface area contributed by atoms with Gasteiger partial charge < -0.3 is 15.4 Å². The highest BCUT2D eigenvalue weighted by Crippen LogP contribution is 2.13. The Hall–Kier alpha value is -2.61. The molecule has 2 rings (SSSR count). The van der Waals surface area contributed by atoms with Gasteiger partial charge in [-0.25, -0.2) is 12.8 Å². The standard InChI is InChI=1S/C21H28FN3O3S/c1-17(28-20-11-6-10-19(22)14-20)15-25-21(23-2)24-12-7-13-29(26,27)16-18-8-4-3-5-9-18/h3-6,8-11,14,17H,7,12-13,15-16H2,1-2H3,(H2,23,24,25). The van der Waals surface area contributed by atoms with Crippen molar-refractivity contribution < 1.29 is 17.5 Å². The van der Waals surface area contributed by atoms with Crippen molar-refractivity contribution in [3.8, 4) is 5.75 Å². The Kier molecular flexibility index (Phi) is 8.92. The van der Waals surface area contributed by atoms with Crippen LogP contribution >= 0.6 is 0 Å². The SMILES string of the molecule is CN=C(NCCCS(=O)(=O)Cc1ccccc1)NCC(C)Oc1cccc(F)c1. The topological polar surface area (TPSA) is 79.8 Å². The lowest BCUT2D eigenvalue weighted by Crippen LogP contribution is -2.42. The first-order chi connectivity index (χ1) is 13.9. The van der Waals surface area contributed by atoms with Crippen LogP contribution < -0.4 is 15.4 Å². The van der Waals surface area contributed by atoms with Crippen LogP contribution in [0.3, 0.4) is 0 Å². The van der Waals surface area contributed by atoms with E-state index >= 15 is 0 Å². The van der Waals surface area contributed by atoms with E-state index in [0.717, 1.165) is 5.56 Å². The van der Waals surface area contributed by atoms with Gasteiger partial charge in [-0.15, -0.1) is 0 Å². The van der Waals surface area contributed by atoms with Crippen molar-refractivity contribution in [2.24, 2.45) is 4.99 Å². The van der Waals surface area contributed by atoms with Crippen LogP contribution in [0.4, 0.5) is 4.39 Å². The Bertz CT molecular complexity index is 889. The summed E-state index contributed by atoms with van der Waals surface area (Å²) in [6.07, 6.45) is 0.271. The average molecular weight is 422 g/mol. The van der Waals surface area contributed by atoms with E-state index in [0.29, 0.717) is 31.2 Å². The second-order valence-electron chi connectivity index (χ2n) is 6.70. The van der Waals surface area contributed by atoms with E-state index < -0.39 is 9.84 Å². The number of aliphatic imine (C=N–C) groups is 1. The molecule has 0 aliphatic carbocycles. The zero-order chi connectivity index (χ0) is 21.1. The van der Waals surface area contributed by atoms with Crippen molar-refractivity contribution in [2.75, 3.05) is 25.9 Å². The van der Waals surface area contributed by atoms with Gasteiger partial charge in [-0.1, -0.05) is 36.4 Å². The number of hydrogen-bond acceptors (Lipinski definition) is 4. The fourth-order valence-corrected chi connectivity index (χ4v) is 4.10. The number of sulfone groups is 1. The molecule has 1 atom stereocenters. The molecule has 0 heterocycles. The highest BCUT2D eigenvalue weighted by Gasteiger charge is 2.12. The summed E-state index contributed by atoms with van der Waals surface area (Å²) in [5, 5.41) is 6.21. The number of rotatable bonds is 10. The second-order valence-corrected chi connectivity index (χ2v) is 8.88. The third-order valence-corrected chi connectivity index (χ3v) is 5.75. The highest BCUT2D eigenvalue weighted by atomic mass is 32.2. The van der Waals surface area contributed by atoms with Crippen LogP contribution in [0.15, 0.2) is 59.6 Å². The quantitative estimate of drug-likeness (QED) is 0.350. The fraction of sp³-hybridized carbons (Fsp3) is 0.381. The van der Waals surface area contributed by atoms with E-state index in [2.05, 4.69) is 15.6 Å². The Balaban J connectivity index is 1.68. The van der Waals surface area contributed by atoms with E-state index in [4.69, 9.17) is 4.74 Å². The van der Waals surface area contributed by atoms with E-state index in [1.54, 1.807) is 19.2 Å². The zero-order valence-corrected chi connectivity index (χ0v) is 17.6. The minimum absolute atomic E-state index is 0.0513. The van der Waals surface area contributed by atoms with Crippen LogP contribution in [0.2, 0.25) is 0 Å². The van der Waals surface area contributed by atoms with Gasteiger partial charge in [-0.3, -0.25) is 4.99 Å². The predicted octanol–water partition coefficient (Wildman–Crippen LogP) is 2.76. The lowest BCUT2D eigenvalue weighted by atomic mass is 10.2. The van der Waals surface area contributed by atoms with Gasteiger partial charge in [0.1, 0.15) is 17.7 Å². The third-order valence-electron chi connectivity index (χ3n) is 4.07. The molecule has 0 aliphatic heterocycles. The molecule has 0 bridgehead atoms. The maximum absolute atomic E-state index is 13.2. The molecular weight excluding hydrogens is 393 g/mol. The Morgan fingerprint density at radius 3 is 2.59 bits per heavy atom. The molecule has 0 aromatic heterocycles. The minimum Gasteiger partial charge on any atom is -0.489 e. The van der Waals surface area contributed by atoms with Gasteiger partial charge in [-0.05, 0) is 31.0 Å². The van der Waals surface area contributed by atoms with E-state index in [9.17, 15) is 12.8 Å². The second kappa shape index (κ2) is 11.4. The Labute approximate surface area is 172 Å². The third kappa shape index (κ3) is 8.95. The smallest absolute Gasteiger partial charge is 0.191 e. The monoisotopic (exact) mass is 421 g/mol. The largest absolute Gasteiger partial charge is 0.489 e. The lowest BCUT2D eigenvalue weighted by Gasteiger charge is -2.17. The van der Waals surface area contributed by atoms with Crippen molar-refractivity contribution in [3.05, 3.63) is 66.0 Å². The molecule has 2 aromatic carbocycles. The Morgan fingerprint density at radius 2 is 1.90 bits per heavy atom. The normalized spacial score (nSPS) is 13.0. The van der Waals surface area contributed by atoms with E-state index in [1.807, 2.05) is 37.3 Å². The van der Waals surface area contributed by atoms with Crippen LogP contribution in [-0.2, 0) is 15.6 Å². The number of ether oxygens (including phenoxy) is 1. The first-order valence-corrected chi connectivity index (χ1v) is 11.3. The maximum atomic E-state index is 13.2. The van der Waals surface area contributed by atoms with Gasteiger partial charge in [0.15, 0.2) is 15.8 Å². The van der Waals surface area contributed by atoms with Gasteiger partial charge >= 0.3 is 0 Å². The number of nitrogens with zero attached hydrogens (tertiary/aromatic N) is 1. The Morgan fingerprint density at radius 1 is 1.14 bits per heavy atom. The first kappa shape index (κ1) is 22.7. The summed E-state index contributed by atoms with van der Waals surface area (Å²) in [4.78, 5) is 4.11. The minimum atomic E-state index is -3.15. The molecule has 158 valence electrons. The predicted molar refractivity (Wildman–Crippen MR) is 114 cm³/mol. The molecule has 0 saturated carbocycles. The van der Waals surface area contributed by atoms with Gasteiger partial charge in [0.2, 0.25) is 0 Å². The molecule has 0 saturated heterocycles. The van der Waals surface area contributed by atoms with E-state index in [1.165, 1.54) is 12.1 Å². The average Bonchev–Trinajstić information content (AvgIpc) is 2.68. The summed E-state index contributed by atoms with van der Waals surface area (Å²) < 4.78 is 43.3. The van der Waals surface area contributed by atoms with Crippen molar-refractivity contribution in [2.45, 2.75) is 25.2 Å². The number of halogens is 1. The van der Waals surface area contributed by atoms with Gasteiger partial charge in [0.25, 0.3) is 0 Å². The summed E-state index contributed by atoms with van der Waals surface area (Å²) in [6.45, 7) is 2.80. The fourth-order valence-electron chi connectivity index (χ4n) is 2.67. The van der Waals surface area contributed by atoms with Crippen molar-refractivity contribution in [1.29, 1.82) is 0 Å². The molecular formula is C21H28FN3O3S. The number of nitrogens with one attached hydrogen (secondary N) is 2. The molecule has 8 heteroatoms. The molecule has 1 unspecified atom stereocenters. The summed E-state index contributed by atoms with van der Waals surface area (Å²) >= 11 is 0. The molecule has 0 radical (unpaired) electrons. The highest BCUT2D eigenvalue weighted by molar-refractivity contribution is 7.90. The van der Waals surface area contributed by atoms with Crippen molar-refractivity contribution in [1.82, 2.24) is 10.6 Å². The number of guanidine groups is 1. The van der Waals surface area contributed by atoms with Crippen LogP contribution in [0.5, 0.6) is 5.75 Å². The molecule has 0 amide bonds. The summed E-state index contributed by atoms with van der Waals surface area (Å²) in [5.74, 6) is 0.828. The van der Waals surface area contributed by atoms with Crippen LogP contribution in [-0.4, -0.2) is 46.4 Å². The molecule has 0 fully saturated rings. The maximum Gasteiger partial charge on any atom is 0.191 e. The molecule has 29 heavy (non-hydrogen) atoms. The number of benzene rings is 2. The zero-order valence-electron chi connectivity index (χ0n) is 16.8. The van der Waals surface area contributed by atoms with Crippen LogP contribution in [0, 0.1) is 5.82 Å². The summed E-state index contributed by atoms with van der Waals surface area (Å²) in [6, 6.07) is 15.1. The molecule has 6 nitrogen and oxygen atoms in total. The van der Waals surface area contributed by atoms with Crippen LogP contribution in [0.25, 0.3) is 0 Å². The molecule has 0 spiro atoms. The summed E-state index contributed by atoms with van der Waals surface area (Å²) in [7, 11) is -1.52. The molecule has 2 N–H and O–H groups in total.